The first-order valence-corrected chi connectivity index (χ1v) is 9.92. The summed E-state index contributed by atoms with van der Waals surface area (Å²) in [5.74, 6) is -0.128. The zero-order chi connectivity index (χ0) is 21.8. The Hall–Kier alpha value is -3.64. The van der Waals surface area contributed by atoms with Gasteiger partial charge in [0, 0.05) is 5.02 Å². The van der Waals surface area contributed by atoms with Crippen molar-refractivity contribution in [3.05, 3.63) is 106 Å². The molecule has 4 rings (SSSR count). The predicted molar refractivity (Wildman–Crippen MR) is 116 cm³/mol. The molecule has 0 aromatic heterocycles. The average Bonchev–Trinajstić information content (AvgIpc) is 3.03. The first-order chi connectivity index (χ1) is 15.0. The number of urea groups is 1. The lowest BCUT2D eigenvalue weighted by atomic mass is 10.1. The van der Waals surface area contributed by atoms with Gasteiger partial charge in [-0.25, -0.2) is 9.18 Å². The second kappa shape index (κ2) is 9.02. The smallest absolute Gasteiger partial charge is 0.329 e. The van der Waals surface area contributed by atoms with Gasteiger partial charge in [-0.2, -0.15) is 0 Å². The van der Waals surface area contributed by atoms with Crippen LogP contribution < -0.4 is 10.1 Å². The maximum Gasteiger partial charge on any atom is 0.329 e. The van der Waals surface area contributed by atoms with Crippen LogP contribution in [0.3, 0.4) is 0 Å². The van der Waals surface area contributed by atoms with Crippen molar-refractivity contribution in [2.75, 3.05) is 0 Å². The van der Waals surface area contributed by atoms with E-state index < -0.39 is 11.9 Å². The van der Waals surface area contributed by atoms with Crippen molar-refractivity contribution < 1.29 is 18.7 Å². The van der Waals surface area contributed by atoms with Crippen LogP contribution in [0, 0.1) is 5.82 Å². The zero-order valence-electron chi connectivity index (χ0n) is 16.3. The van der Waals surface area contributed by atoms with Gasteiger partial charge in [0.15, 0.2) is 0 Å². The van der Waals surface area contributed by atoms with Gasteiger partial charge in [0.1, 0.15) is 23.9 Å². The molecular weight excluding hydrogens is 419 g/mol. The molecule has 3 amide bonds. The van der Waals surface area contributed by atoms with E-state index in [1.165, 1.54) is 12.1 Å². The highest BCUT2D eigenvalue weighted by atomic mass is 35.5. The lowest BCUT2D eigenvalue weighted by molar-refractivity contribution is -0.123. The van der Waals surface area contributed by atoms with Crippen molar-refractivity contribution in [1.82, 2.24) is 10.2 Å². The van der Waals surface area contributed by atoms with Gasteiger partial charge in [0.25, 0.3) is 5.91 Å². The topological polar surface area (TPSA) is 58.6 Å². The minimum Gasteiger partial charge on any atom is -0.489 e. The molecule has 1 aliphatic rings. The van der Waals surface area contributed by atoms with Gasteiger partial charge in [-0.1, -0.05) is 48.0 Å². The molecule has 0 spiro atoms. The third-order valence-electron chi connectivity index (χ3n) is 4.73. The van der Waals surface area contributed by atoms with E-state index in [1.54, 1.807) is 42.5 Å². The fourth-order valence-corrected chi connectivity index (χ4v) is 3.19. The van der Waals surface area contributed by atoms with Crippen LogP contribution in [0.1, 0.15) is 16.7 Å². The molecule has 0 atom stereocenters. The highest BCUT2D eigenvalue weighted by Crippen LogP contribution is 2.20. The lowest BCUT2D eigenvalue weighted by Gasteiger charge is -2.11. The van der Waals surface area contributed by atoms with E-state index in [2.05, 4.69) is 5.32 Å². The Morgan fingerprint density at radius 3 is 2.23 bits per heavy atom. The van der Waals surface area contributed by atoms with Crippen LogP contribution in [-0.4, -0.2) is 16.8 Å². The molecular formula is C24H18ClFN2O3. The molecule has 0 aliphatic carbocycles. The van der Waals surface area contributed by atoms with E-state index in [0.29, 0.717) is 22.9 Å². The Morgan fingerprint density at radius 2 is 1.55 bits per heavy atom. The summed E-state index contributed by atoms with van der Waals surface area (Å²) in [7, 11) is 0. The van der Waals surface area contributed by atoms with E-state index in [9.17, 15) is 14.0 Å². The molecule has 31 heavy (non-hydrogen) atoms. The van der Waals surface area contributed by atoms with Crippen molar-refractivity contribution in [3.8, 4) is 5.75 Å². The number of benzene rings is 3. The third-order valence-corrected chi connectivity index (χ3v) is 4.98. The van der Waals surface area contributed by atoms with Gasteiger partial charge in [-0.15, -0.1) is 0 Å². The minimum absolute atomic E-state index is 0.0692. The zero-order valence-corrected chi connectivity index (χ0v) is 17.1. The largest absolute Gasteiger partial charge is 0.489 e. The fourth-order valence-electron chi connectivity index (χ4n) is 3.06. The van der Waals surface area contributed by atoms with Gasteiger partial charge in [0.05, 0.1) is 6.54 Å². The molecule has 1 aliphatic heterocycles. The number of amides is 3. The summed E-state index contributed by atoms with van der Waals surface area (Å²) in [5, 5.41) is 3.25. The molecule has 0 radical (unpaired) electrons. The Bertz CT molecular complexity index is 1130. The van der Waals surface area contributed by atoms with Crippen molar-refractivity contribution in [1.29, 1.82) is 0 Å². The molecule has 156 valence electrons. The van der Waals surface area contributed by atoms with E-state index in [0.717, 1.165) is 16.0 Å². The summed E-state index contributed by atoms with van der Waals surface area (Å²) in [5.41, 5.74) is 2.58. The molecule has 1 heterocycles. The van der Waals surface area contributed by atoms with Crippen molar-refractivity contribution in [2.24, 2.45) is 0 Å². The number of hydrogen-bond acceptors (Lipinski definition) is 3. The highest BCUT2D eigenvalue weighted by Gasteiger charge is 2.33. The standard InChI is InChI=1S/C24H18ClFN2O3/c25-19-7-1-18(2-8-19)15-31-21-11-5-16(6-12-21)13-22-23(29)28(24(30)27-22)14-17-3-9-20(26)10-4-17/h1-13H,14-15H2,(H,27,30)/b22-13+. The lowest BCUT2D eigenvalue weighted by Crippen LogP contribution is -2.30. The van der Waals surface area contributed by atoms with Gasteiger partial charge < -0.3 is 10.1 Å². The van der Waals surface area contributed by atoms with Crippen molar-refractivity contribution >= 4 is 29.6 Å². The van der Waals surface area contributed by atoms with Crippen LogP contribution in [0.15, 0.2) is 78.5 Å². The number of ether oxygens (including phenoxy) is 1. The van der Waals surface area contributed by atoms with Gasteiger partial charge >= 0.3 is 6.03 Å². The normalized spacial score (nSPS) is 14.8. The van der Waals surface area contributed by atoms with Crippen LogP contribution in [0.4, 0.5) is 9.18 Å². The molecule has 0 bridgehead atoms. The van der Waals surface area contributed by atoms with Crippen LogP contribution in [0.2, 0.25) is 5.02 Å². The number of nitrogens with one attached hydrogen (secondary N) is 1. The summed E-state index contributed by atoms with van der Waals surface area (Å²) in [6.45, 7) is 0.476. The first-order valence-electron chi connectivity index (χ1n) is 9.54. The monoisotopic (exact) mass is 436 g/mol. The van der Waals surface area contributed by atoms with Crippen LogP contribution in [0.5, 0.6) is 5.75 Å². The molecule has 3 aromatic carbocycles. The first kappa shape index (κ1) is 20.6. The maximum absolute atomic E-state index is 13.1. The average molecular weight is 437 g/mol. The molecule has 7 heteroatoms. The Balaban J connectivity index is 1.39. The quantitative estimate of drug-likeness (QED) is 0.429. The molecule has 0 unspecified atom stereocenters. The van der Waals surface area contributed by atoms with Crippen LogP contribution in [-0.2, 0) is 17.9 Å². The number of rotatable bonds is 6. The third kappa shape index (κ3) is 5.10. The minimum atomic E-state index is -0.511. The van der Waals surface area contributed by atoms with Crippen LogP contribution in [0.25, 0.3) is 6.08 Å². The number of nitrogens with zero attached hydrogens (tertiary/aromatic N) is 1. The maximum atomic E-state index is 13.1. The summed E-state index contributed by atoms with van der Waals surface area (Å²) >= 11 is 5.88. The number of imide groups is 1. The number of halogens is 2. The number of carbonyl (C=O) groups excluding carboxylic acids is 2. The molecule has 1 fully saturated rings. The fraction of sp³-hybridized carbons (Fsp3) is 0.0833. The summed E-state index contributed by atoms with van der Waals surface area (Å²) in [6, 6.07) is 19.7. The molecule has 1 N–H and O–H groups in total. The Kier molecular flexibility index (Phi) is 6.00. The van der Waals surface area contributed by atoms with Crippen molar-refractivity contribution in [3.63, 3.8) is 0 Å². The van der Waals surface area contributed by atoms with E-state index in [4.69, 9.17) is 16.3 Å². The molecule has 5 nitrogen and oxygen atoms in total. The SMILES string of the molecule is O=C1N/C(=C/c2ccc(OCc3ccc(Cl)cc3)cc2)C(=O)N1Cc1ccc(F)cc1. The second-order valence-electron chi connectivity index (χ2n) is 6.99. The van der Waals surface area contributed by atoms with E-state index in [-0.39, 0.29) is 18.1 Å². The van der Waals surface area contributed by atoms with Crippen molar-refractivity contribution in [2.45, 2.75) is 13.2 Å². The Labute approximate surface area is 183 Å². The summed E-state index contributed by atoms with van der Waals surface area (Å²) in [6.07, 6.45) is 1.61. The van der Waals surface area contributed by atoms with E-state index in [1.807, 2.05) is 24.3 Å². The number of carbonyl (C=O) groups is 2. The molecule has 0 saturated carbocycles. The summed E-state index contributed by atoms with van der Waals surface area (Å²) < 4.78 is 18.8. The Morgan fingerprint density at radius 1 is 0.903 bits per heavy atom. The highest BCUT2D eigenvalue weighted by molar-refractivity contribution is 6.30. The molecule has 3 aromatic rings. The van der Waals surface area contributed by atoms with Gasteiger partial charge in [0.2, 0.25) is 0 Å². The second-order valence-corrected chi connectivity index (χ2v) is 7.43. The predicted octanol–water partition coefficient (Wildman–Crippen LogP) is 5.15. The van der Waals surface area contributed by atoms with Gasteiger partial charge in [-0.05, 0) is 59.2 Å². The van der Waals surface area contributed by atoms with Crippen LogP contribution >= 0.6 is 11.6 Å². The summed E-state index contributed by atoms with van der Waals surface area (Å²) in [4.78, 5) is 25.9. The van der Waals surface area contributed by atoms with Gasteiger partial charge in [-0.3, -0.25) is 9.69 Å². The van der Waals surface area contributed by atoms with E-state index >= 15 is 0 Å². The molecule has 1 saturated heterocycles. The number of hydrogen-bond donors (Lipinski definition) is 1.